The molecule has 0 amide bonds. The van der Waals surface area contributed by atoms with E-state index in [1.807, 2.05) is 72.8 Å². The summed E-state index contributed by atoms with van der Waals surface area (Å²) < 4.78 is 10.4. The number of methoxy groups -OCH3 is 2. The van der Waals surface area contributed by atoms with E-state index in [2.05, 4.69) is 5.32 Å². The summed E-state index contributed by atoms with van der Waals surface area (Å²) in [4.78, 5) is 0. The summed E-state index contributed by atoms with van der Waals surface area (Å²) >= 11 is 6.04. The van der Waals surface area contributed by atoms with Crippen molar-refractivity contribution in [3.63, 3.8) is 0 Å². The molecule has 3 aromatic rings. The number of hydrogen-bond donors (Lipinski definition) is 2. The van der Waals surface area contributed by atoms with Crippen LogP contribution in [0, 0.1) is 0 Å². The zero-order chi connectivity index (χ0) is 19.9. The summed E-state index contributed by atoms with van der Waals surface area (Å²) in [5.74, 6) is 1.56. The third-order valence-electron chi connectivity index (χ3n) is 4.66. The van der Waals surface area contributed by atoms with Gasteiger partial charge in [0.1, 0.15) is 11.5 Å². The molecule has 0 saturated carbocycles. The van der Waals surface area contributed by atoms with Gasteiger partial charge in [-0.25, -0.2) is 0 Å². The minimum Gasteiger partial charge on any atom is -0.497 e. The van der Waals surface area contributed by atoms with Crippen LogP contribution in [0.15, 0.2) is 72.8 Å². The molecule has 3 aromatic carbocycles. The molecule has 0 aliphatic heterocycles. The van der Waals surface area contributed by atoms with Crippen molar-refractivity contribution in [2.45, 2.75) is 18.6 Å². The van der Waals surface area contributed by atoms with Gasteiger partial charge in [-0.1, -0.05) is 35.9 Å². The molecular formula is C23H24ClNO3. The fourth-order valence-corrected chi connectivity index (χ4v) is 3.17. The van der Waals surface area contributed by atoms with Gasteiger partial charge in [-0.05, 0) is 59.7 Å². The standard InChI is InChI=1S/C23H24ClNO3/c1-27-20-11-5-17(6-12-20)23(26)15-22(16-3-7-18(24)8-4-16)25-19-9-13-21(28-2)14-10-19/h3-14,22-23,25-26H,15H2,1-2H3. The Balaban J connectivity index is 1.80. The van der Waals surface area contributed by atoms with E-state index in [-0.39, 0.29) is 6.04 Å². The van der Waals surface area contributed by atoms with Gasteiger partial charge in [0.25, 0.3) is 0 Å². The molecule has 0 bridgehead atoms. The van der Waals surface area contributed by atoms with E-state index in [4.69, 9.17) is 21.1 Å². The molecule has 0 aliphatic rings. The van der Waals surface area contributed by atoms with Crippen LogP contribution in [-0.2, 0) is 0 Å². The second-order valence-corrected chi connectivity index (χ2v) is 6.94. The van der Waals surface area contributed by atoms with Crippen LogP contribution in [0.3, 0.4) is 0 Å². The average Bonchev–Trinajstić information content (AvgIpc) is 2.74. The van der Waals surface area contributed by atoms with Gasteiger partial charge >= 0.3 is 0 Å². The van der Waals surface area contributed by atoms with Gasteiger partial charge in [0.05, 0.1) is 26.4 Å². The normalized spacial score (nSPS) is 12.9. The van der Waals surface area contributed by atoms with Crippen LogP contribution < -0.4 is 14.8 Å². The van der Waals surface area contributed by atoms with Crippen molar-refractivity contribution in [3.05, 3.63) is 88.9 Å². The van der Waals surface area contributed by atoms with E-state index in [0.29, 0.717) is 11.4 Å². The maximum absolute atomic E-state index is 10.8. The zero-order valence-corrected chi connectivity index (χ0v) is 16.7. The van der Waals surface area contributed by atoms with E-state index in [1.165, 1.54) is 0 Å². The summed E-state index contributed by atoms with van der Waals surface area (Å²) in [6, 6.07) is 22.8. The van der Waals surface area contributed by atoms with Crippen molar-refractivity contribution in [1.82, 2.24) is 0 Å². The topological polar surface area (TPSA) is 50.7 Å². The van der Waals surface area contributed by atoms with E-state index < -0.39 is 6.10 Å². The Kier molecular flexibility index (Phi) is 6.80. The second kappa shape index (κ2) is 9.49. The molecule has 2 atom stereocenters. The number of hydrogen-bond acceptors (Lipinski definition) is 4. The highest BCUT2D eigenvalue weighted by atomic mass is 35.5. The number of anilines is 1. The maximum Gasteiger partial charge on any atom is 0.119 e. The first-order valence-corrected chi connectivity index (χ1v) is 9.45. The first-order valence-electron chi connectivity index (χ1n) is 9.07. The monoisotopic (exact) mass is 397 g/mol. The SMILES string of the molecule is COc1ccc(NC(CC(O)c2ccc(OC)cc2)c2ccc(Cl)cc2)cc1. The Labute approximate surface area is 170 Å². The Hall–Kier alpha value is -2.69. The van der Waals surface area contributed by atoms with Crippen LogP contribution in [0.2, 0.25) is 5.02 Å². The van der Waals surface area contributed by atoms with Crippen molar-refractivity contribution < 1.29 is 14.6 Å². The van der Waals surface area contributed by atoms with Gasteiger partial charge in [-0.3, -0.25) is 0 Å². The number of aliphatic hydroxyl groups excluding tert-OH is 1. The van der Waals surface area contributed by atoms with E-state index in [0.717, 1.165) is 28.3 Å². The lowest BCUT2D eigenvalue weighted by Crippen LogP contribution is -2.15. The number of aliphatic hydroxyl groups is 1. The summed E-state index contributed by atoms with van der Waals surface area (Å²) in [6.45, 7) is 0. The Morgan fingerprint density at radius 3 is 1.82 bits per heavy atom. The van der Waals surface area contributed by atoms with Crippen molar-refractivity contribution in [3.8, 4) is 11.5 Å². The van der Waals surface area contributed by atoms with Gasteiger partial charge < -0.3 is 19.9 Å². The highest BCUT2D eigenvalue weighted by Gasteiger charge is 2.18. The van der Waals surface area contributed by atoms with Gasteiger partial charge in [0, 0.05) is 17.1 Å². The molecule has 0 spiro atoms. The molecule has 0 saturated heterocycles. The molecule has 0 heterocycles. The second-order valence-electron chi connectivity index (χ2n) is 6.50. The minimum absolute atomic E-state index is 0.0947. The summed E-state index contributed by atoms with van der Waals surface area (Å²) in [6.07, 6.45) is -0.127. The van der Waals surface area contributed by atoms with Crippen LogP contribution in [-0.4, -0.2) is 19.3 Å². The number of benzene rings is 3. The highest BCUT2D eigenvalue weighted by Crippen LogP contribution is 2.31. The first-order chi connectivity index (χ1) is 13.6. The fraction of sp³-hybridized carbons (Fsp3) is 0.217. The Bertz CT molecular complexity index is 864. The average molecular weight is 398 g/mol. The molecule has 0 aliphatic carbocycles. The molecule has 3 rings (SSSR count). The van der Waals surface area contributed by atoms with Crippen molar-refractivity contribution in [2.75, 3.05) is 19.5 Å². The Morgan fingerprint density at radius 1 is 0.786 bits per heavy atom. The molecule has 0 aromatic heterocycles. The third-order valence-corrected chi connectivity index (χ3v) is 4.91. The number of ether oxygens (including phenoxy) is 2. The lowest BCUT2D eigenvalue weighted by Gasteiger charge is -2.24. The van der Waals surface area contributed by atoms with Gasteiger partial charge in [0.15, 0.2) is 0 Å². The molecule has 4 nitrogen and oxygen atoms in total. The predicted molar refractivity (Wildman–Crippen MR) is 113 cm³/mol. The molecular weight excluding hydrogens is 374 g/mol. The largest absolute Gasteiger partial charge is 0.497 e. The highest BCUT2D eigenvalue weighted by molar-refractivity contribution is 6.30. The smallest absolute Gasteiger partial charge is 0.119 e. The van der Waals surface area contributed by atoms with E-state index in [1.54, 1.807) is 14.2 Å². The van der Waals surface area contributed by atoms with Gasteiger partial charge in [-0.2, -0.15) is 0 Å². The van der Waals surface area contributed by atoms with Crippen LogP contribution in [0.25, 0.3) is 0 Å². The molecule has 28 heavy (non-hydrogen) atoms. The molecule has 2 N–H and O–H groups in total. The van der Waals surface area contributed by atoms with Gasteiger partial charge in [0.2, 0.25) is 0 Å². The lowest BCUT2D eigenvalue weighted by molar-refractivity contribution is 0.160. The fourth-order valence-electron chi connectivity index (χ4n) is 3.05. The molecule has 0 radical (unpaired) electrons. The summed E-state index contributed by atoms with van der Waals surface area (Å²) in [5, 5.41) is 15.0. The predicted octanol–water partition coefficient (Wildman–Crippen LogP) is 5.63. The van der Waals surface area contributed by atoms with Crippen LogP contribution in [0.4, 0.5) is 5.69 Å². The lowest BCUT2D eigenvalue weighted by atomic mass is 9.96. The van der Waals surface area contributed by atoms with Crippen molar-refractivity contribution in [2.24, 2.45) is 0 Å². The van der Waals surface area contributed by atoms with Crippen molar-refractivity contribution >= 4 is 17.3 Å². The van der Waals surface area contributed by atoms with Crippen molar-refractivity contribution in [1.29, 1.82) is 0 Å². The molecule has 5 heteroatoms. The molecule has 146 valence electrons. The number of halogens is 1. The minimum atomic E-state index is -0.627. The molecule has 2 unspecified atom stereocenters. The Morgan fingerprint density at radius 2 is 1.29 bits per heavy atom. The number of rotatable bonds is 8. The zero-order valence-electron chi connectivity index (χ0n) is 15.9. The number of nitrogens with one attached hydrogen (secondary N) is 1. The summed E-state index contributed by atoms with van der Waals surface area (Å²) in [7, 11) is 3.27. The summed E-state index contributed by atoms with van der Waals surface area (Å²) in [5.41, 5.74) is 2.84. The van der Waals surface area contributed by atoms with Crippen LogP contribution >= 0.6 is 11.6 Å². The first kappa shape index (κ1) is 20.1. The van der Waals surface area contributed by atoms with Crippen LogP contribution in [0.1, 0.15) is 29.7 Å². The van der Waals surface area contributed by atoms with E-state index in [9.17, 15) is 5.11 Å². The van der Waals surface area contributed by atoms with Gasteiger partial charge in [-0.15, -0.1) is 0 Å². The third kappa shape index (κ3) is 5.18. The molecule has 0 fully saturated rings. The maximum atomic E-state index is 10.8. The van der Waals surface area contributed by atoms with E-state index >= 15 is 0 Å². The quantitative estimate of drug-likeness (QED) is 0.517. The van der Waals surface area contributed by atoms with Crippen LogP contribution in [0.5, 0.6) is 11.5 Å².